The van der Waals surface area contributed by atoms with Gasteiger partial charge in [0.25, 0.3) is 0 Å². The van der Waals surface area contributed by atoms with Gasteiger partial charge in [-0.05, 0) is 38.5 Å². The Labute approximate surface area is 304 Å². The first-order chi connectivity index (χ1) is 24.3. The van der Waals surface area contributed by atoms with E-state index in [1.165, 1.54) is 70.6 Å². The molecule has 9 nitrogen and oxygen atoms in total. The van der Waals surface area contributed by atoms with Gasteiger partial charge in [-0.25, -0.2) is 4.57 Å². The Bertz CT molecular complexity index is 1010. The normalized spacial score (nSPS) is 14.1. The number of unbranched alkanes of at least 4 members (excludes halogenated alkanes) is 13. The molecule has 10 heteroatoms. The third-order valence-corrected chi connectivity index (χ3v) is 8.69. The van der Waals surface area contributed by atoms with Gasteiger partial charge in [0.1, 0.15) is 6.61 Å². The molecular formula is C40H70NO8P. The number of rotatable bonds is 35. The second kappa shape index (κ2) is 36.5. The second-order valence-electron chi connectivity index (χ2n) is 12.4. The van der Waals surface area contributed by atoms with Crippen LogP contribution in [0, 0.1) is 0 Å². The highest BCUT2D eigenvalue weighted by atomic mass is 31.2. The zero-order chi connectivity index (χ0) is 36.8. The minimum atomic E-state index is -4.40. The fourth-order valence-corrected chi connectivity index (χ4v) is 5.65. The molecule has 0 aliphatic carbocycles. The summed E-state index contributed by atoms with van der Waals surface area (Å²) in [7, 11) is -4.40. The molecule has 3 N–H and O–H groups in total. The van der Waals surface area contributed by atoms with E-state index >= 15 is 0 Å². The van der Waals surface area contributed by atoms with Crippen LogP contribution in [0.1, 0.15) is 149 Å². The standard InChI is InChI=1S/C40H70NO8P/c1-3-5-7-9-11-13-15-17-19-21-23-25-27-29-31-33-40(43)49-38(37-48-50(44,45)47-35-34-41)36-46-39(42)32-30-28-26-24-22-20-18-16-14-12-10-8-6-4-2/h5,7,11,13,17,19,23,25,29,31,38H,3-4,6,8-10,12,14-16,18,20-22,24,26-28,30,32-37,41H2,1-2H3,(H,44,45)/b7-5-,13-11-,19-17-,25-23-,31-29-. The average molecular weight is 724 g/mol. The lowest BCUT2D eigenvalue weighted by Crippen LogP contribution is -2.29. The number of esters is 2. The molecule has 0 spiro atoms. The summed E-state index contributed by atoms with van der Waals surface area (Å²) in [6.45, 7) is 3.49. The van der Waals surface area contributed by atoms with Crippen molar-refractivity contribution in [3.63, 3.8) is 0 Å². The molecule has 0 aliphatic rings. The number of phosphoric ester groups is 1. The predicted octanol–water partition coefficient (Wildman–Crippen LogP) is 10.5. The van der Waals surface area contributed by atoms with Crippen molar-refractivity contribution >= 4 is 19.8 Å². The van der Waals surface area contributed by atoms with E-state index in [0.717, 1.165) is 44.9 Å². The number of allylic oxidation sites excluding steroid dienone is 9. The van der Waals surface area contributed by atoms with Crippen molar-refractivity contribution in [2.75, 3.05) is 26.4 Å². The monoisotopic (exact) mass is 723 g/mol. The van der Waals surface area contributed by atoms with E-state index in [1.54, 1.807) is 6.08 Å². The Hall–Kier alpha value is -2.29. The summed E-state index contributed by atoms with van der Waals surface area (Å²) in [6, 6.07) is 0. The third-order valence-electron chi connectivity index (χ3n) is 7.70. The number of hydrogen-bond acceptors (Lipinski definition) is 8. The van der Waals surface area contributed by atoms with Crippen molar-refractivity contribution in [3.8, 4) is 0 Å². The largest absolute Gasteiger partial charge is 0.472 e. The molecule has 0 aliphatic heterocycles. The molecule has 0 aromatic rings. The van der Waals surface area contributed by atoms with Crippen LogP contribution in [0.15, 0.2) is 60.8 Å². The van der Waals surface area contributed by atoms with Gasteiger partial charge >= 0.3 is 19.8 Å². The Morgan fingerprint density at radius 2 is 1.08 bits per heavy atom. The van der Waals surface area contributed by atoms with Gasteiger partial charge in [0.15, 0.2) is 6.10 Å². The number of phosphoric acid groups is 1. The minimum Gasteiger partial charge on any atom is -0.462 e. The first-order valence-corrected chi connectivity index (χ1v) is 20.8. The van der Waals surface area contributed by atoms with Crippen LogP contribution in [0.25, 0.3) is 0 Å². The van der Waals surface area contributed by atoms with Crippen molar-refractivity contribution < 1.29 is 37.6 Å². The van der Waals surface area contributed by atoms with Gasteiger partial charge in [0.2, 0.25) is 0 Å². The molecule has 0 aromatic carbocycles. The van der Waals surface area contributed by atoms with Crippen LogP contribution in [-0.4, -0.2) is 49.3 Å². The van der Waals surface area contributed by atoms with Crippen molar-refractivity contribution in [1.82, 2.24) is 0 Å². The Balaban J connectivity index is 4.36. The lowest BCUT2D eigenvalue weighted by atomic mass is 10.0. The average Bonchev–Trinajstić information content (AvgIpc) is 3.10. The SMILES string of the molecule is CC/C=C\C/C=C\C/C=C\C/C=C\C/C=C\CC(=O)OC(COC(=O)CCCCCCCCCCCCCCCC)COP(=O)(O)OCCN. The summed E-state index contributed by atoms with van der Waals surface area (Å²) in [6.07, 6.45) is 41.4. The van der Waals surface area contributed by atoms with E-state index in [4.69, 9.17) is 24.3 Å². The van der Waals surface area contributed by atoms with Gasteiger partial charge in [-0.1, -0.05) is 158 Å². The summed E-state index contributed by atoms with van der Waals surface area (Å²) >= 11 is 0. The van der Waals surface area contributed by atoms with E-state index in [2.05, 4.69) is 56.4 Å². The van der Waals surface area contributed by atoms with Gasteiger partial charge < -0.3 is 20.1 Å². The van der Waals surface area contributed by atoms with Gasteiger partial charge in [0.05, 0.1) is 19.6 Å². The number of ether oxygens (including phenoxy) is 2. The highest BCUT2D eigenvalue weighted by Gasteiger charge is 2.25. The number of carbonyl (C=O) groups excluding carboxylic acids is 2. The van der Waals surface area contributed by atoms with Crippen molar-refractivity contribution in [1.29, 1.82) is 0 Å². The summed E-state index contributed by atoms with van der Waals surface area (Å²) < 4.78 is 32.5. The molecule has 0 saturated carbocycles. The van der Waals surface area contributed by atoms with Crippen molar-refractivity contribution in [2.24, 2.45) is 5.73 Å². The predicted molar refractivity (Wildman–Crippen MR) is 206 cm³/mol. The quantitative estimate of drug-likeness (QED) is 0.0283. The Kier molecular flexibility index (Phi) is 34.8. The van der Waals surface area contributed by atoms with Crippen LogP contribution >= 0.6 is 7.82 Å². The second-order valence-corrected chi connectivity index (χ2v) is 13.9. The molecule has 2 atom stereocenters. The maximum atomic E-state index is 12.5. The van der Waals surface area contributed by atoms with Gasteiger partial charge in [-0.2, -0.15) is 0 Å². The molecule has 0 rings (SSSR count). The van der Waals surface area contributed by atoms with Gasteiger partial charge in [0, 0.05) is 13.0 Å². The van der Waals surface area contributed by atoms with E-state index in [9.17, 15) is 19.0 Å². The first-order valence-electron chi connectivity index (χ1n) is 19.3. The molecule has 0 saturated heterocycles. The number of carbonyl (C=O) groups is 2. The zero-order valence-corrected chi connectivity index (χ0v) is 32.3. The highest BCUT2D eigenvalue weighted by molar-refractivity contribution is 7.47. The Morgan fingerprint density at radius 3 is 1.56 bits per heavy atom. The summed E-state index contributed by atoms with van der Waals surface area (Å²) in [5.74, 6) is -0.979. The molecule has 2 unspecified atom stereocenters. The third kappa shape index (κ3) is 35.5. The van der Waals surface area contributed by atoms with Gasteiger partial charge in [-0.3, -0.25) is 18.6 Å². The maximum Gasteiger partial charge on any atom is 0.472 e. The molecule has 0 radical (unpaired) electrons. The number of hydrogen-bond donors (Lipinski definition) is 2. The smallest absolute Gasteiger partial charge is 0.462 e. The van der Waals surface area contributed by atoms with Gasteiger partial charge in [-0.15, -0.1) is 0 Å². The molecule has 0 bridgehead atoms. The summed E-state index contributed by atoms with van der Waals surface area (Å²) in [5.41, 5.74) is 5.32. The van der Waals surface area contributed by atoms with Crippen LogP contribution in [0.4, 0.5) is 0 Å². The van der Waals surface area contributed by atoms with Crippen LogP contribution in [0.3, 0.4) is 0 Å². The number of nitrogens with two attached hydrogens (primary N) is 1. The van der Waals surface area contributed by atoms with E-state index in [1.807, 2.05) is 12.2 Å². The fraction of sp³-hybridized carbons (Fsp3) is 0.700. The Morgan fingerprint density at radius 1 is 0.620 bits per heavy atom. The molecule has 0 fully saturated rings. The van der Waals surface area contributed by atoms with E-state index in [0.29, 0.717) is 6.42 Å². The van der Waals surface area contributed by atoms with Crippen LogP contribution in [-0.2, 0) is 32.7 Å². The molecular weight excluding hydrogens is 653 g/mol. The van der Waals surface area contributed by atoms with E-state index in [-0.39, 0.29) is 32.6 Å². The molecule has 0 amide bonds. The minimum absolute atomic E-state index is 0.00250. The molecule has 0 aromatic heterocycles. The lowest BCUT2D eigenvalue weighted by molar-refractivity contribution is -0.160. The highest BCUT2D eigenvalue weighted by Crippen LogP contribution is 2.43. The van der Waals surface area contributed by atoms with E-state index < -0.39 is 32.5 Å². The summed E-state index contributed by atoms with van der Waals surface area (Å²) in [5, 5.41) is 0. The van der Waals surface area contributed by atoms with Crippen molar-refractivity contribution in [2.45, 2.75) is 155 Å². The lowest BCUT2D eigenvalue weighted by Gasteiger charge is -2.19. The maximum absolute atomic E-state index is 12.5. The molecule has 50 heavy (non-hydrogen) atoms. The summed E-state index contributed by atoms with van der Waals surface area (Å²) in [4.78, 5) is 34.6. The first kappa shape index (κ1) is 47.7. The topological polar surface area (TPSA) is 134 Å². The van der Waals surface area contributed by atoms with Crippen LogP contribution in [0.5, 0.6) is 0 Å². The van der Waals surface area contributed by atoms with Crippen molar-refractivity contribution in [3.05, 3.63) is 60.8 Å². The fourth-order valence-electron chi connectivity index (χ4n) is 4.89. The van der Waals surface area contributed by atoms with Crippen LogP contribution < -0.4 is 5.73 Å². The molecule has 288 valence electrons. The zero-order valence-electron chi connectivity index (χ0n) is 31.4. The molecule has 0 heterocycles. The van der Waals surface area contributed by atoms with Crippen LogP contribution in [0.2, 0.25) is 0 Å².